The Morgan fingerprint density at radius 1 is 1.00 bits per heavy atom. The molecule has 166 valence electrons. The minimum absolute atomic E-state index is 0.160. The predicted octanol–water partition coefficient (Wildman–Crippen LogP) is 2.58. The van der Waals surface area contributed by atoms with Crippen LogP contribution in [0.5, 0.6) is 0 Å². The number of benzene rings is 2. The number of Topliss-reactive ketones (excluding diaryl/α,β-unsaturated/α-hetero) is 1. The number of hydrogen-bond acceptors (Lipinski definition) is 5. The second kappa shape index (κ2) is 8.24. The van der Waals surface area contributed by atoms with E-state index in [0.29, 0.717) is 36.3 Å². The molecule has 0 bridgehead atoms. The van der Waals surface area contributed by atoms with Crippen LogP contribution in [0.4, 0.5) is 5.69 Å². The molecule has 0 aliphatic carbocycles. The molecule has 1 atom stereocenters. The van der Waals surface area contributed by atoms with E-state index in [1.807, 2.05) is 38.1 Å². The van der Waals surface area contributed by atoms with Crippen molar-refractivity contribution in [3.63, 3.8) is 0 Å². The average molecular weight is 434 g/mol. The minimum atomic E-state index is -1.67. The fraction of sp³-hybridized carbons (Fsp3) is 0.320. The monoisotopic (exact) mass is 433 g/mol. The number of likely N-dealkylation sites (N-methyl/N-ethyl adjacent to an activating group) is 1. The number of aliphatic hydroxyl groups excluding tert-OH is 1. The van der Waals surface area contributed by atoms with Crippen LogP contribution in [0.1, 0.15) is 24.5 Å². The Morgan fingerprint density at radius 2 is 1.66 bits per heavy atom. The van der Waals surface area contributed by atoms with Gasteiger partial charge in [-0.15, -0.1) is 0 Å². The molecule has 0 aromatic heterocycles. The SMILES string of the molecule is CCN1C(=O)C2(/C(=C(/O)c3ccccc3)C(=O)C(=O)N2CCCN(C)C)c2ccccc21. The summed E-state index contributed by atoms with van der Waals surface area (Å²) < 4.78 is 0. The van der Waals surface area contributed by atoms with Crippen molar-refractivity contribution in [3.05, 3.63) is 71.3 Å². The molecule has 2 heterocycles. The van der Waals surface area contributed by atoms with Gasteiger partial charge in [0.25, 0.3) is 17.6 Å². The van der Waals surface area contributed by atoms with Crippen molar-refractivity contribution in [2.24, 2.45) is 0 Å². The molecule has 0 radical (unpaired) electrons. The lowest BCUT2D eigenvalue weighted by Crippen LogP contribution is -2.52. The molecular formula is C25H27N3O4. The average Bonchev–Trinajstić information content (AvgIpc) is 3.17. The number of anilines is 1. The summed E-state index contributed by atoms with van der Waals surface area (Å²) in [7, 11) is 3.85. The highest BCUT2D eigenvalue weighted by molar-refractivity contribution is 6.50. The quantitative estimate of drug-likeness (QED) is 0.430. The van der Waals surface area contributed by atoms with E-state index in [1.54, 1.807) is 47.4 Å². The number of ketones is 1. The Bertz CT molecular complexity index is 1110. The van der Waals surface area contributed by atoms with E-state index in [9.17, 15) is 19.5 Å². The summed E-state index contributed by atoms with van der Waals surface area (Å²) in [6.07, 6.45) is 0.578. The van der Waals surface area contributed by atoms with Crippen molar-refractivity contribution in [1.82, 2.24) is 9.80 Å². The van der Waals surface area contributed by atoms with Crippen molar-refractivity contribution in [2.75, 3.05) is 38.6 Å². The third kappa shape index (κ3) is 3.04. The first-order valence-electron chi connectivity index (χ1n) is 10.8. The lowest BCUT2D eigenvalue weighted by Gasteiger charge is -2.34. The van der Waals surface area contributed by atoms with Gasteiger partial charge in [0.2, 0.25) is 0 Å². The summed E-state index contributed by atoms with van der Waals surface area (Å²) in [5, 5.41) is 11.3. The summed E-state index contributed by atoms with van der Waals surface area (Å²) >= 11 is 0. The number of carbonyl (C=O) groups is 3. The molecule has 7 heteroatoms. The molecule has 32 heavy (non-hydrogen) atoms. The highest BCUT2D eigenvalue weighted by Crippen LogP contribution is 2.53. The molecule has 2 aliphatic heterocycles. The smallest absolute Gasteiger partial charge is 0.296 e. The maximum Gasteiger partial charge on any atom is 0.296 e. The Morgan fingerprint density at radius 3 is 2.31 bits per heavy atom. The van der Waals surface area contributed by atoms with Crippen molar-refractivity contribution in [3.8, 4) is 0 Å². The van der Waals surface area contributed by atoms with Crippen molar-refractivity contribution < 1.29 is 19.5 Å². The van der Waals surface area contributed by atoms with E-state index in [0.717, 1.165) is 0 Å². The predicted molar refractivity (Wildman–Crippen MR) is 122 cm³/mol. The number of nitrogens with zero attached hydrogens (tertiary/aromatic N) is 3. The van der Waals surface area contributed by atoms with E-state index in [-0.39, 0.29) is 23.8 Å². The fourth-order valence-corrected chi connectivity index (χ4v) is 4.77. The molecule has 2 aromatic rings. The Labute approximate surface area is 187 Å². The van der Waals surface area contributed by atoms with E-state index in [4.69, 9.17) is 0 Å². The van der Waals surface area contributed by atoms with Crippen LogP contribution in [0.2, 0.25) is 0 Å². The Balaban J connectivity index is 2.00. The largest absolute Gasteiger partial charge is 0.507 e. The minimum Gasteiger partial charge on any atom is -0.507 e. The van der Waals surface area contributed by atoms with E-state index >= 15 is 0 Å². The van der Waals surface area contributed by atoms with Gasteiger partial charge in [0.15, 0.2) is 5.54 Å². The normalized spacial score (nSPS) is 21.8. The maximum absolute atomic E-state index is 14.0. The molecule has 2 aromatic carbocycles. The number of carbonyl (C=O) groups excluding carboxylic acids is 3. The topological polar surface area (TPSA) is 81.2 Å². The van der Waals surface area contributed by atoms with Crippen LogP contribution in [0, 0.1) is 0 Å². The summed E-state index contributed by atoms with van der Waals surface area (Å²) in [4.78, 5) is 45.5. The summed E-state index contributed by atoms with van der Waals surface area (Å²) in [5.41, 5.74) is -0.246. The maximum atomic E-state index is 14.0. The zero-order valence-electron chi connectivity index (χ0n) is 18.5. The molecule has 7 nitrogen and oxygen atoms in total. The van der Waals surface area contributed by atoms with Gasteiger partial charge in [-0.3, -0.25) is 14.4 Å². The molecule has 4 rings (SSSR count). The van der Waals surface area contributed by atoms with Crippen LogP contribution in [0.15, 0.2) is 60.2 Å². The summed E-state index contributed by atoms with van der Waals surface area (Å²) in [6.45, 7) is 3.13. The van der Waals surface area contributed by atoms with Gasteiger partial charge in [-0.2, -0.15) is 0 Å². The second-order valence-corrected chi connectivity index (χ2v) is 8.31. The standard InChI is InChI=1S/C25H27N3O4/c1-4-27-19-14-9-8-13-18(19)25(24(27)32)20(21(29)17-11-6-5-7-12-17)22(30)23(31)28(25)16-10-15-26(2)3/h5-9,11-14,29H,4,10,15-16H2,1-3H3/b21-20+. The van der Waals surface area contributed by atoms with Crippen LogP contribution < -0.4 is 4.90 Å². The van der Waals surface area contributed by atoms with Gasteiger partial charge in [0.1, 0.15) is 5.76 Å². The van der Waals surface area contributed by atoms with Crippen molar-refractivity contribution in [2.45, 2.75) is 18.9 Å². The first-order valence-corrected chi connectivity index (χ1v) is 10.8. The number of rotatable bonds is 6. The van der Waals surface area contributed by atoms with Crippen LogP contribution >= 0.6 is 0 Å². The van der Waals surface area contributed by atoms with E-state index in [2.05, 4.69) is 0 Å². The molecule has 1 fully saturated rings. The molecule has 2 amide bonds. The number of fused-ring (bicyclic) bond motifs is 2. The van der Waals surface area contributed by atoms with Gasteiger partial charge in [0, 0.05) is 24.2 Å². The zero-order valence-corrected chi connectivity index (χ0v) is 18.5. The first kappa shape index (κ1) is 21.8. The van der Waals surface area contributed by atoms with Crippen LogP contribution in [0.25, 0.3) is 5.76 Å². The zero-order chi connectivity index (χ0) is 23.0. The highest BCUT2D eigenvalue weighted by Gasteiger charge is 2.66. The molecular weight excluding hydrogens is 406 g/mol. The third-order valence-electron chi connectivity index (χ3n) is 6.16. The molecule has 1 N–H and O–H groups in total. The molecule has 1 unspecified atom stereocenters. The van der Waals surface area contributed by atoms with Gasteiger partial charge in [-0.1, -0.05) is 48.5 Å². The van der Waals surface area contributed by atoms with E-state index in [1.165, 1.54) is 4.90 Å². The molecule has 0 saturated carbocycles. The Hall–Kier alpha value is -3.45. The molecule has 2 aliphatic rings. The third-order valence-corrected chi connectivity index (χ3v) is 6.16. The Kier molecular flexibility index (Phi) is 5.60. The van der Waals surface area contributed by atoms with Gasteiger partial charge >= 0.3 is 0 Å². The number of hydrogen-bond donors (Lipinski definition) is 1. The number of amides is 2. The van der Waals surface area contributed by atoms with Crippen LogP contribution in [0.3, 0.4) is 0 Å². The summed E-state index contributed by atoms with van der Waals surface area (Å²) in [5.74, 6) is -2.32. The van der Waals surface area contributed by atoms with Crippen molar-refractivity contribution >= 4 is 29.0 Å². The molecule has 1 saturated heterocycles. The van der Waals surface area contributed by atoms with Gasteiger partial charge < -0.3 is 19.8 Å². The van der Waals surface area contributed by atoms with Gasteiger partial charge in [-0.05, 0) is 40.1 Å². The lowest BCUT2D eigenvalue weighted by molar-refractivity contribution is -0.143. The highest BCUT2D eigenvalue weighted by atomic mass is 16.3. The van der Waals surface area contributed by atoms with Gasteiger partial charge in [-0.25, -0.2) is 0 Å². The van der Waals surface area contributed by atoms with Crippen molar-refractivity contribution in [1.29, 1.82) is 0 Å². The summed E-state index contributed by atoms with van der Waals surface area (Å²) in [6, 6.07) is 15.8. The first-order chi connectivity index (χ1) is 15.4. The fourth-order valence-electron chi connectivity index (χ4n) is 4.77. The van der Waals surface area contributed by atoms with Gasteiger partial charge in [0.05, 0.1) is 11.3 Å². The van der Waals surface area contributed by atoms with Crippen LogP contribution in [-0.4, -0.2) is 66.2 Å². The number of likely N-dealkylation sites (tertiary alicyclic amines) is 1. The molecule has 1 spiro atoms. The second-order valence-electron chi connectivity index (χ2n) is 8.31. The van der Waals surface area contributed by atoms with E-state index < -0.39 is 17.2 Å². The lowest BCUT2D eigenvalue weighted by atomic mass is 9.82. The van der Waals surface area contributed by atoms with Crippen LogP contribution in [-0.2, 0) is 19.9 Å². The number of aliphatic hydroxyl groups is 1. The number of para-hydroxylation sites is 1.